The van der Waals surface area contributed by atoms with Gasteiger partial charge < -0.3 is 20.7 Å². The second-order valence-electron chi connectivity index (χ2n) is 15.7. The molecule has 0 aromatic heterocycles. The summed E-state index contributed by atoms with van der Waals surface area (Å²) in [7, 11) is 0. The van der Waals surface area contributed by atoms with Crippen LogP contribution in [0.1, 0.15) is 126 Å². The Kier molecular flexibility index (Phi) is 11.0. The first-order valence-electron chi connectivity index (χ1n) is 14.8. The lowest BCUT2D eigenvalue weighted by Crippen LogP contribution is -2.30. The van der Waals surface area contributed by atoms with Gasteiger partial charge in [-0.2, -0.15) is 0 Å². The summed E-state index contributed by atoms with van der Waals surface area (Å²) >= 11 is 3.54. The third-order valence-electron chi connectivity index (χ3n) is 7.39. The molecule has 0 fully saturated rings. The van der Waals surface area contributed by atoms with E-state index in [0.717, 1.165) is 32.0 Å². The molecule has 0 heterocycles. The summed E-state index contributed by atoms with van der Waals surface area (Å²) in [6.45, 7) is 29.5. The number of phenolic OH excluding ortho intramolecular Hbond substituents is 2. The van der Waals surface area contributed by atoms with Crippen LogP contribution in [0.25, 0.3) is 0 Å². The Balaban J connectivity index is 2.53. The maximum Gasteiger partial charge on any atom is 0.322 e. The highest BCUT2D eigenvalue weighted by molar-refractivity contribution is 8.18. The lowest BCUT2D eigenvalue weighted by Gasteiger charge is -2.32. The molecule has 42 heavy (non-hydrogen) atoms. The number of hydrogen-bond acceptors (Lipinski definition) is 7. The van der Waals surface area contributed by atoms with E-state index in [0.29, 0.717) is 17.9 Å². The molecule has 2 rings (SSSR count). The Hall–Kier alpha value is -1.83. The maximum atomic E-state index is 11.9. The molecule has 0 radical (unpaired) electrons. The van der Waals surface area contributed by atoms with E-state index in [1.807, 2.05) is 0 Å². The van der Waals surface area contributed by atoms with Gasteiger partial charge in [-0.05, 0) is 73.1 Å². The van der Waals surface area contributed by atoms with Crippen molar-refractivity contribution < 1.29 is 19.7 Å². The Labute approximate surface area is 263 Å². The largest absolute Gasteiger partial charge is 0.507 e. The molecular weight excluding hydrogens is 563 g/mol. The van der Waals surface area contributed by atoms with E-state index < -0.39 is 17.4 Å². The molecule has 2 aromatic rings. The molecule has 4 N–H and O–H groups in total. The van der Waals surface area contributed by atoms with Crippen LogP contribution >= 0.6 is 23.5 Å². The maximum absolute atomic E-state index is 11.9. The quantitative estimate of drug-likeness (QED) is 0.147. The summed E-state index contributed by atoms with van der Waals surface area (Å²) in [4.78, 5) is 14.1. The normalized spacial score (nSPS) is 14.2. The monoisotopic (exact) mass is 617 g/mol. The third kappa shape index (κ3) is 9.33. The average molecular weight is 618 g/mol. The smallest absolute Gasteiger partial charge is 0.322 e. The molecule has 2 aromatic carbocycles. The second-order valence-corrected chi connectivity index (χ2v) is 19.3. The zero-order chi connectivity index (χ0) is 32.6. The number of nitrogens with two attached hydrogens (primary N) is 1. The fourth-order valence-electron chi connectivity index (χ4n) is 4.83. The van der Waals surface area contributed by atoms with Gasteiger partial charge in [0.15, 0.2) is 0 Å². The molecule has 236 valence electrons. The minimum atomic E-state index is -0.666. The molecule has 0 aliphatic carbocycles. The van der Waals surface area contributed by atoms with Gasteiger partial charge in [0.25, 0.3) is 0 Å². The van der Waals surface area contributed by atoms with Crippen LogP contribution in [-0.4, -0.2) is 32.9 Å². The second kappa shape index (κ2) is 12.6. The highest BCUT2D eigenvalue weighted by Crippen LogP contribution is 2.51. The zero-order valence-electron chi connectivity index (χ0n) is 28.4. The van der Waals surface area contributed by atoms with Crippen LogP contribution in [-0.2, 0) is 31.2 Å². The van der Waals surface area contributed by atoms with Crippen molar-refractivity contribution >= 4 is 29.5 Å². The van der Waals surface area contributed by atoms with Crippen molar-refractivity contribution in [3.05, 3.63) is 46.5 Å². The van der Waals surface area contributed by atoms with Gasteiger partial charge in [-0.3, -0.25) is 4.79 Å². The topological polar surface area (TPSA) is 92.8 Å². The molecule has 0 amide bonds. The molecule has 0 aliphatic heterocycles. The third-order valence-corrected chi connectivity index (χ3v) is 9.82. The highest BCUT2D eigenvalue weighted by atomic mass is 32.2. The number of hydrogen-bond donors (Lipinski definition) is 3. The summed E-state index contributed by atoms with van der Waals surface area (Å²) < 4.78 is 5.12. The Morgan fingerprint density at radius 3 is 1.38 bits per heavy atom. The van der Waals surface area contributed by atoms with Crippen LogP contribution in [0.4, 0.5) is 0 Å². The molecule has 1 atom stereocenters. The van der Waals surface area contributed by atoms with Crippen molar-refractivity contribution in [1.82, 2.24) is 0 Å². The zero-order valence-corrected chi connectivity index (χ0v) is 30.0. The van der Waals surface area contributed by atoms with E-state index in [4.69, 9.17) is 10.5 Å². The first-order valence-corrected chi connectivity index (χ1v) is 16.5. The number of carbonyl (C=O) groups is 1. The Bertz CT molecular complexity index is 1240. The molecule has 5 nitrogen and oxygen atoms in total. The number of phenols is 2. The van der Waals surface area contributed by atoms with Gasteiger partial charge in [0.1, 0.15) is 17.5 Å². The molecule has 0 saturated carbocycles. The van der Waals surface area contributed by atoms with Gasteiger partial charge in [-0.15, -0.1) is 23.5 Å². The Morgan fingerprint density at radius 2 is 1.05 bits per heavy atom. The summed E-state index contributed by atoms with van der Waals surface area (Å²) in [5.74, 6) is 0.257. The number of carbonyl (C=O) groups excluding carboxylic acids is 1. The van der Waals surface area contributed by atoms with Gasteiger partial charge in [-0.1, -0.05) is 76.2 Å². The van der Waals surface area contributed by atoms with E-state index >= 15 is 0 Å². The molecule has 0 saturated heterocycles. The fraction of sp³-hybridized carbons (Fsp3) is 0.629. The number of rotatable bonds is 9. The lowest BCUT2D eigenvalue weighted by atomic mass is 9.77. The van der Waals surface area contributed by atoms with Gasteiger partial charge >= 0.3 is 5.97 Å². The van der Waals surface area contributed by atoms with Crippen molar-refractivity contribution in [3.63, 3.8) is 0 Å². The van der Waals surface area contributed by atoms with E-state index in [1.54, 1.807) is 30.4 Å². The van der Waals surface area contributed by atoms with Crippen LogP contribution in [0.2, 0.25) is 0 Å². The molecule has 0 spiro atoms. The van der Waals surface area contributed by atoms with Crippen LogP contribution in [0, 0.1) is 0 Å². The number of thioether (sulfide) groups is 2. The summed E-state index contributed by atoms with van der Waals surface area (Å²) in [5, 5.41) is 22.7. The van der Waals surface area contributed by atoms with Crippen LogP contribution in [0.3, 0.4) is 0 Å². The number of ether oxygens (including phenoxy) is 1. The fourth-order valence-corrected chi connectivity index (χ4v) is 7.41. The van der Waals surface area contributed by atoms with Gasteiger partial charge in [-0.25, -0.2) is 0 Å². The molecular formula is C35H55NO4S2. The molecule has 0 bridgehead atoms. The summed E-state index contributed by atoms with van der Waals surface area (Å²) in [5.41, 5.74) is 8.16. The minimum absolute atomic E-state index is 0.201. The van der Waals surface area contributed by atoms with Crippen molar-refractivity contribution in [2.24, 2.45) is 5.73 Å². The van der Waals surface area contributed by atoms with Crippen molar-refractivity contribution in [2.45, 2.75) is 145 Å². The average Bonchev–Trinajstić information content (AvgIpc) is 2.78. The Morgan fingerprint density at radius 1 is 0.714 bits per heavy atom. The van der Waals surface area contributed by atoms with Crippen LogP contribution in [0.15, 0.2) is 34.1 Å². The van der Waals surface area contributed by atoms with Gasteiger partial charge in [0.2, 0.25) is 0 Å². The van der Waals surface area contributed by atoms with Crippen molar-refractivity contribution in [1.29, 1.82) is 0 Å². The summed E-state index contributed by atoms with van der Waals surface area (Å²) in [6.07, 6.45) is 0.549. The van der Waals surface area contributed by atoms with Crippen LogP contribution in [0.5, 0.6) is 11.5 Å². The van der Waals surface area contributed by atoms with Crippen LogP contribution < -0.4 is 5.73 Å². The van der Waals surface area contributed by atoms with Crippen molar-refractivity contribution in [3.8, 4) is 11.5 Å². The summed E-state index contributed by atoms with van der Waals surface area (Å²) in [6, 6.07) is 7.79. The number of benzene rings is 2. The predicted molar refractivity (Wildman–Crippen MR) is 180 cm³/mol. The van der Waals surface area contributed by atoms with Crippen molar-refractivity contribution in [2.75, 3.05) is 6.61 Å². The SMILES string of the molecule is CC(N)C(=O)OCCC(C)(C)c1cc(SC(C)(C)Sc2cc(C(C)(C)C)c(O)c(C(C)(C)C)c2)cc(C(C)(C)C)c1O. The number of esters is 1. The van der Waals surface area contributed by atoms with E-state index in [9.17, 15) is 15.0 Å². The van der Waals surface area contributed by atoms with E-state index in [2.05, 4.69) is 114 Å². The van der Waals surface area contributed by atoms with E-state index in [1.165, 1.54) is 0 Å². The molecule has 1 unspecified atom stereocenters. The van der Waals surface area contributed by atoms with Gasteiger partial charge in [0.05, 0.1) is 10.7 Å². The molecule has 0 aliphatic rings. The number of aromatic hydroxyl groups is 2. The van der Waals surface area contributed by atoms with E-state index in [-0.39, 0.29) is 26.9 Å². The predicted octanol–water partition coefficient (Wildman–Crippen LogP) is 9.17. The first kappa shape index (κ1) is 36.4. The minimum Gasteiger partial charge on any atom is -0.507 e. The first-order chi connectivity index (χ1) is 18.8. The molecule has 7 heteroatoms. The lowest BCUT2D eigenvalue weighted by molar-refractivity contribution is -0.145. The van der Waals surface area contributed by atoms with Gasteiger partial charge in [0, 0.05) is 32.0 Å². The standard InChI is InChI=1S/C35H55NO4S2/c1-21(36)30(39)40-16-15-34(11,12)27-20-23(19-26(29(27)38)33(8,9)10)42-35(13,14)41-22-17-24(31(2,3)4)28(37)25(18-22)32(5,6)7/h17-21,37-38H,15-16,36H2,1-14H3. The highest BCUT2D eigenvalue weighted by Gasteiger charge is 2.33.